The number of thiophene rings is 1. The summed E-state index contributed by atoms with van der Waals surface area (Å²) in [5.74, 6) is 1.10. The number of nitrogens with zero attached hydrogens (tertiary/aromatic N) is 2. The minimum absolute atomic E-state index is 0.00747. The maximum Gasteiger partial charge on any atom is 0.277 e. The van der Waals surface area contributed by atoms with Crippen LogP contribution in [-0.2, 0) is 11.2 Å². The van der Waals surface area contributed by atoms with Crippen LogP contribution in [0.4, 0.5) is 0 Å². The third kappa shape index (κ3) is 5.19. The fourth-order valence-corrected chi connectivity index (χ4v) is 3.89. The van der Waals surface area contributed by atoms with Gasteiger partial charge in [0, 0.05) is 11.3 Å². The van der Waals surface area contributed by atoms with Crippen LogP contribution in [0.15, 0.2) is 57.5 Å². The van der Waals surface area contributed by atoms with E-state index in [1.165, 1.54) is 17.3 Å². The van der Waals surface area contributed by atoms with Gasteiger partial charge in [-0.1, -0.05) is 55.1 Å². The fraction of sp³-hybridized carbons (Fsp3) is 0.316. The molecule has 1 amide bonds. The summed E-state index contributed by atoms with van der Waals surface area (Å²) >= 11 is 2.89. The molecule has 0 aliphatic rings. The Balaban J connectivity index is 1.47. The second-order valence-electron chi connectivity index (χ2n) is 6.07. The molecule has 2 atom stereocenters. The molecule has 0 fully saturated rings. The van der Waals surface area contributed by atoms with Crippen molar-refractivity contribution in [3.05, 3.63) is 64.2 Å². The summed E-state index contributed by atoms with van der Waals surface area (Å²) in [6.45, 7) is 4.11. The zero-order chi connectivity index (χ0) is 18.4. The lowest BCUT2D eigenvalue weighted by molar-refractivity contribution is -0.119. The Labute approximate surface area is 161 Å². The lowest BCUT2D eigenvalue weighted by atomic mass is 9.98. The van der Waals surface area contributed by atoms with Crippen molar-refractivity contribution in [3.63, 3.8) is 0 Å². The van der Waals surface area contributed by atoms with Gasteiger partial charge in [-0.15, -0.1) is 21.5 Å². The molecule has 136 valence electrons. The van der Waals surface area contributed by atoms with Crippen LogP contribution in [0.1, 0.15) is 42.1 Å². The highest BCUT2D eigenvalue weighted by Crippen LogP contribution is 2.23. The van der Waals surface area contributed by atoms with E-state index in [1.807, 2.05) is 42.6 Å². The van der Waals surface area contributed by atoms with Gasteiger partial charge in [0.15, 0.2) is 0 Å². The van der Waals surface area contributed by atoms with Gasteiger partial charge in [-0.25, -0.2) is 0 Å². The second-order valence-corrected chi connectivity index (χ2v) is 7.98. The van der Waals surface area contributed by atoms with E-state index in [2.05, 4.69) is 34.6 Å². The van der Waals surface area contributed by atoms with E-state index < -0.39 is 0 Å². The number of aromatic nitrogens is 2. The predicted octanol–water partition coefficient (Wildman–Crippen LogP) is 4.45. The fourth-order valence-electron chi connectivity index (χ4n) is 2.56. The number of nitrogens with one attached hydrogen (secondary N) is 1. The molecular formula is C19H21N3O2S2. The number of thioether (sulfide) groups is 1. The number of hydrogen-bond acceptors (Lipinski definition) is 6. The molecule has 0 saturated heterocycles. The largest absolute Gasteiger partial charge is 0.416 e. The molecule has 5 nitrogen and oxygen atoms in total. The van der Waals surface area contributed by atoms with Crippen LogP contribution in [0, 0.1) is 0 Å². The Morgan fingerprint density at radius 1 is 1.19 bits per heavy atom. The molecule has 0 aliphatic heterocycles. The summed E-state index contributed by atoms with van der Waals surface area (Å²) in [5, 5.41) is 13.5. The third-order valence-electron chi connectivity index (χ3n) is 3.97. The van der Waals surface area contributed by atoms with E-state index in [0.29, 0.717) is 23.5 Å². The van der Waals surface area contributed by atoms with Crippen LogP contribution in [0.5, 0.6) is 0 Å². The monoisotopic (exact) mass is 387 g/mol. The molecule has 1 aromatic carbocycles. The Kier molecular flexibility index (Phi) is 6.46. The van der Waals surface area contributed by atoms with Gasteiger partial charge in [-0.3, -0.25) is 4.79 Å². The van der Waals surface area contributed by atoms with Crippen LogP contribution in [0.25, 0.3) is 0 Å². The maximum absolute atomic E-state index is 12.1. The van der Waals surface area contributed by atoms with Crippen molar-refractivity contribution in [2.75, 3.05) is 5.75 Å². The van der Waals surface area contributed by atoms with Gasteiger partial charge in [-0.05, 0) is 29.9 Å². The van der Waals surface area contributed by atoms with E-state index in [9.17, 15) is 4.79 Å². The molecule has 26 heavy (non-hydrogen) atoms. The molecule has 2 aromatic heterocycles. The summed E-state index contributed by atoms with van der Waals surface area (Å²) in [6.07, 6.45) is 0.680. The van der Waals surface area contributed by atoms with Crippen molar-refractivity contribution in [2.45, 2.75) is 37.5 Å². The Morgan fingerprint density at radius 3 is 2.73 bits per heavy atom. The lowest BCUT2D eigenvalue weighted by Gasteiger charge is -2.11. The SMILES string of the molecule is CC(Cc1nnc(SCC(=O)NC(C)c2cccs2)o1)c1ccccc1. The molecule has 2 unspecified atom stereocenters. The van der Waals surface area contributed by atoms with E-state index >= 15 is 0 Å². The van der Waals surface area contributed by atoms with Crippen LogP contribution < -0.4 is 5.32 Å². The van der Waals surface area contributed by atoms with Crippen LogP contribution in [0.3, 0.4) is 0 Å². The lowest BCUT2D eigenvalue weighted by Crippen LogP contribution is -2.27. The molecule has 1 N–H and O–H groups in total. The van der Waals surface area contributed by atoms with Crippen molar-refractivity contribution >= 4 is 29.0 Å². The summed E-state index contributed by atoms with van der Waals surface area (Å²) in [5.41, 5.74) is 1.24. The second kappa shape index (κ2) is 9.00. The Hall–Kier alpha value is -2.12. The summed E-state index contributed by atoms with van der Waals surface area (Å²) < 4.78 is 5.67. The van der Waals surface area contributed by atoms with Gasteiger partial charge in [0.25, 0.3) is 5.22 Å². The first-order valence-corrected chi connectivity index (χ1v) is 10.3. The zero-order valence-corrected chi connectivity index (χ0v) is 16.3. The number of amides is 1. The van der Waals surface area contributed by atoms with Gasteiger partial charge in [0.1, 0.15) is 0 Å². The summed E-state index contributed by atoms with van der Waals surface area (Å²) in [4.78, 5) is 13.2. The first-order chi connectivity index (χ1) is 12.6. The highest BCUT2D eigenvalue weighted by Gasteiger charge is 2.15. The molecule has 0 bridgehead atoms. The number of benzene rings is 1. The zero-order valence-electron chi connectivity index (χ0n) is 14.7. The summed E-state index contributed by atoms with van der Waals surface area (Å²) in [6, 6.07) is 14.2. The number of carbonyl (C=O) groups is 1. The van der Waals surface area contributed by atoms with E-state index in [1.54, 1.807) is 11.3 Å². The Morgan fingerprint density at radius 2 is 2.00 bits per heavy atom. The van der Waals surface area contributed by atoms with Gasteiger partial charge in [0.2, 0.25) is 11.8 Å². The number of hydrogen-bond donors (Lipinski definition) is 1. The number of carbonyl (C=O) groups excluding carboxylic acids is 1. The molecule has 0 saturated carbocycles. The average molecular weight is 388 g/mol. The first kappa shape index (κ1) is 18.7. The minimum Gasteiger partial charge on any atom is -0.416 e. The van der Waals surface area contributed by atoms with Gasteiger partial charge < -0.3 is 9.73 Å². The molecule has 7 heteroatoms. The molecule has 0 spiro atoms. The van der Waals surface area contributed by atoms with Crippen LogP contribution >= 0.6 is 23.1 Å². The van der Waals surface area contributed by atoms with Crippen molar-refractivity contribution in [1.29, 1.82) is 0 Å². The van der Waals surface area contributed by atoms with Crippen molar-refractivity contribution in [2.24, 2.45) is 0 Å². The smallest absolute Gasteiger partial charge is 0.277 e. The van der Waals surface area contributed by atoms with Gasteiger partial charge >= 0.3 is 0 Å². The van der Waals surface area contributed by atoms with Crippen molar-refractivity contribution in [1.82, 2.24) is 15.5 Å². The summed E-state index contributed by atoms with van der Waals surface area (Å²) in [7, 11) is 0. The first-order valence-electron chi connectivity index (χ1n) is 8.44. The van der Waals surface area contributed by atoms with E-state index in [-0.39, 0.29) is 17.7 Å². The van der Waals surface area contributed by atoms with Crippen molar-refractivity contribution in [3.8, 4) is 0 Å². The normalized spacial score (nSPS) is 13.3. The van der Waals surface area contributed by atoms with Gasteiger partial charge in [-0.2, -0.15) is 0 Å². The molecule has 0 radical (unpaired) electrons. The molecule has 3 rings (SSSR count). The topological polar surface area (TPSA) is 68.0 Å². The molecule has 2 heterocycles. The molecular weight excluding hydrogens is 366 g/mol. The molecule has 0 aliphatic carbocycles. The number of rotatable bonds is 8. The predicted molar refractivity (Wildman–Crippen MR) is 104 cm³/mol. The highest BCUT2D eigenvalue weighted by molar-refractivity contribution is 7.99. The standard InChI is InChI=1S/C19H21N3O2S2/c1-13(15-7-4-3-5-8-15)11-18-21-22-19(24-18)26-12-17(23)20-14(2)16-9-6-10-25-16/h3-10,13-14H,11-12H2,1-2H3,(H,20,23). The maximum atomic E-state index is 12.1. The highest BCUT2D eigenvalue weighted by atomic mass is 32.2. The Bertz CT molecular complexity index is 818. The minimum atomic E-state index is -0.0479. The van der Waals surface area contributed by atoms with E-state index in [4.69, 9.17) is 4.42 Å². The van der Waals surface area contributed by atoms with Gasteiger partial charge in [0.05, 0.1) is 11.8 Å². The van der Waals surface area contributed by atoms with Crippen molar-refractivity contribution < 1.29 is 9.21 Å². The third-order valence-corrected chi connectivity index (χ3v) is 5.85. The van der Waals surface area contributed by atoms with E-state index in [0.717, 1.165) is 4.88 Å². The van der Waals surface area contributed by atoms with Crippen LogP contribution in [-0.4, -0.2) is 21.9 Å². The van der Waals surface area contributed by atoms with Crippen LogP contribution in [0.2, 0.25) is 0 Å². The molecule has 3 aromatic rings. The quantitative estimate of drug-likeness (QED) is 0.579. The average Bonchev–Trinajstić information content (AvgIpc) is 3.33.